The van der Waals surface area contributed by atoms with Gasteiger partial charge in [-0.1, -0.05) is 54.6 Å². The lowest BCUT2D eigenvalue weighted by molar-refractivity contribution is -0.123. The Morgan fingerprint density at radius 3 is 2.47 bits per heavy atom. The highest BCUT2D eigenvalue weighted by molar-refractivity contribution is 6.31. The van der Waals surface area contributed by atoms with E-state index in [-0.39, 0.29) is 17.7 Å². The van der Waals surface area contributed by atoms with Crippen LogP contribution in [0.2, 0.25) is 10.0 Å². The summed E-state index contributed by atoms with van der Waals surface area (Å²) in [5, 5.41) is 4.22. The van der Waals surface area contributed by atoms with Crippen molar-refractivity contribution >= 4 is 57.7 Å². The van der Waals surface area contributed by atoms with E-state index in [2.05, 4.69) is 5.32 Å². The van der Waals surface area contributed by atoms with Crippen molar-refractivity contribution in [1.82, 2.24) is 9.55 Å². The van der Waals surface area contributed by atoms with E-state index in [1.54, 1.807) is 29.2 Å². The molecule has 0 bridgehead atoms. The molecule has 0 aliphatic heterocycles. The van der Waals surface area contributed by atoms with Gasteiger partial charge < -0.3 is 9.47 Å². The standard InChI is InChI=1S/C30H30Cl2N4O2/c1-35(29(38)22-7-3-2-4-8-22)25-14-15-27-26(19-25)33-30(34-28(37)21-10-12-23(31)13-11-21)36(27)17-16-20-6-5-9-24(32)18-20/h5-6,9-15,18-19,22H,2-4,7-8,16-17H2,1H3,(H,33,34,37). The number of hydrogen-bond acceptors (Lipinski definition) is 3. The number of carbonyl (C=O) groups excluding carboxylic acids is 2. The molecule has 3 aromatic carbocycles. The van der Waals surface area contributed by atoms with Gasteiger partial charge in [0, 0.05) is 40.8 Å². The molecule has 0 saturated heterocycles. The molecule has 0 spiro atoms. The van der Waals surface area contributed by atoms with Crippen molar-refractivity contribution in [1.29, 1.82) is 0 Å². The first-order chi connectivity index (χ1) is 18.4. The second kappa shape index (κ2) is 11.6. The zero-order chi connectivity index (χ0) is 26.6. The van der Waals surface area contributed by atoms with E-state index < -0.39 is 0 Å². The SMILES string of the molecule is CN(C(=O)C1CCCCC1)c1ccc2c(c1)nc(NC(=O)c1ccc(Cl)cc1)n2CCc1cccc(Cl)c1. The van der Waals surface area contributed by atoms with Gasteiger partial charge in [0.05, 0.1) is 11.0 Å². The number of aromatic nitrogens is 2. The number of hydrogen-bond donors (Lipinski definition) is 1. The minimum absolute atomic E-state index is 0.0777. The molecule has 1 aliphatic carbocycles. The van der Waals surface area contributed by atoms with Crippen LogP contribution in [0.15, 0.2) is 66.7 Å². The Morgan fingerprint density at radius 1 is 0.974 bits per heavy atom. The zero-order valence-corrected chi connectivity index (χ0v) is 22.8. The zero-order valence-electron chi connectivity index (χ0n) is 21.3. The second-order valence-corrected chi connectivity index (χ2v) is 10.7. The van der Waals surface area contributed by atoms with Crippen molar-refractivity contribution in [2.24, 2.45) is 5.92 Å². The van der Waals surface area contributed by atoms with Crippen molar-refractivity contribution < 1.29 is 9.59 Å². The van der Waals surface area contributed by atoms with Crippen LogP contribution in [0.4, 0.5) is 11.6 Å². The molecule has 1 heterocycles. The van der Waals surface area contributed by atoms with Crippen molar-refractivity contribution in [2.75, 3.05) is 17.3 Å². The average Bonchev–Trinajstić information content (AvgIpc) is 3.27. The summed E-state index contributed by atoms with van der Waals surface area (Å²) < 4.78 is 2.00. The van der Waals surface area contributed by atoms with Crippen LogP contribution in [-0.4, -0.2) is 28.4 Å². The van der Waals surface area contributed by atoms with Gasteiger partial charge in [0.1, 0.15) is 0 Å². The maximum atomic E-state index is 13.1. The Bertz CT molecular complexity index is 1460. The van der Waals surface area contributed by atoms with Gasteiger partial charge in [-0.25, -0.2) is 4.98 Å². The minimum atomic E-state index is -0.272. The van der Waals surface area contributed by atoms with E-state index in [9.17, 15) is 9.59 Å². The lowest BCUT2D eigenvalue weighted by atomic mass is 9.88. The number of benzene rings is 3. The van der Waals surface area contributed by atoms with Gasteiger partial charge in [-0.3, -0.25) is 14.9 Å². The Hall–Kier alpha value is -3.35. The van der Waals surface area contributed by atoms with Crippen molar-refractivity contribution in [3.05, 3.63) is 87.9 Å². The number of nitrogens with zero attached hydrogens (tertiary/aromatic N) is 3. The topological polar surface area (TPSA) is 67.2 Å². The average molecular weight is 550 g/mol. The maximum absolute atomic E-state index is 13.1. The second-order valence-electron chi connectivity index (χ2n) is 9.83. The molecule has 1 aliphatic rings. The third kappa shape index (κ3) is 5.87. The summed E-state index contributed by atoms with van der Waals surface area (Å²) in [6.07, 6.45) is 6.02. The quantitative estimate of drug-likeness (QED) is 0.262. The molecule has 196 valence electrons. The number of carbonyl (C=O) groups is 2. The van der Waals surface area contributed by atoms with Crippen LogP contribution in [0.25, 0.3) is 11.0 Å². The third-order valence-corrected chi connectivity index (χ3v) is 7.74. The Morgan fingerprint density at radius 2 is 1.74 bits per heavy atom. The molecular formula is C30H30Cl2N4O2. The number of rotatable bonds is 7. The minimum Gasteiger partial charge on any atom is -0.315 e. The van der Waals surface area contributed by atoms with Gasteiger partial charge in [-0.2, -0.15) is 0 Å². The Kier molecular flexibility index (Phi) is 8.01. The normalized spacial score (nSPS) is 14.0. The van der Waals surface area contributed by atoms with E-state index in [0.29, 0.717) is 40.0 Å². The predicted molar refractivity (Wildman–Crippen MR) is 154 cm³/mol. The van der Waals surface area contributed by atoms with Gasteiger partial charge >= 0.3 is 0 Å². The van der Waals surface area contributed by atoms with Gasteiger partial charge in [0.15, 0.2) is 0 Å². The van der Waals surface area contributed by atoms with Crippen molar-refractivity contribution in [2.45, 2.75) is 45.1 Å². The molecule has 0 atom stereocenters. The fourth-order valence-electron chi connectivity index (χ4n) is 5.11. The molecule has 38 heavy (non-hydrogen) atoms. The lowest BCUT2D eigenvalue weighted by Crippen LogP contribution is -2.33. The first-order valence-corrected chi connectivity index (χ1v) is 13.7. The smallest absolute Gasteiger partial charge is 0.257 e. The van der Waals surface area contributed by atoms with E-state index in [4.69, 9.17) is 28.2 Å². The lowest BCUT2D eigenvalue weighted by Gasteiger charge is -2.26. The molecular weight excluding hydrogens is 519 g/mol. The first-order valence-electron chi connectivity index (χ1n) is 13.0. The van der Waals surface area contributed by atoms with Crippen LogP contribution >= 0.6 is 23.2 Å². The van der Waals surface area contributed by atoms with Crippen LogP contribution < -0.4 is 10.2 Å². The highest BCUT2D eigenvalue weighted by Crippen LogP contribution is 2.30. The number of nitrogens with one attached hydrogen (secondary N) is 1. The first kappa shape index (κ1) is 26.3. The van der Waals surface area contributed by atoms with Crippen molar-refractivity contribution in [3.63, 3.8) is 0 Å². The van der Waals surface area contributed by atoms with Gasteiger partial charge in [0.25, 0.3) is 5.91 Å². The molecule has 1 aromatic heterocycles. The monoisotopic (exact) mass is 548 g/mol. The fourth-order valence-corrected chi connectivity index (χ4v) is 5.45. The fraction of sp³-hybridized carbons (Fsp3) is 0.300. The number of aryl methyl sites for hydroxylation is 2. The number of fused-ring (bicyclic) bond motifs is 1. The summed E-state index contributed by atoms with van der Waals surface area (Å²) >= 11 is 12.2. The van der Waals surface area contributed by atoms with Gasteiger partial charge in [0.2, 0.25) is 11.9 Å². The summed E-state index contributed by atoms with van der Waals surface area (Å²) in [6, 6.07) is 20.3. The van der Waals surface area contributed by atoms with Crippen LogP contribution in [-0.2, 0) is 17.8 Å². The summed E-state index contributed by atoms with van der Waals surface area (Å²) in [6.45, 7) is 0.587. The number of halogens is 2. The molecule has 0 radical (unpaired) electrons. The molecule has 0 unspecified atom stereocenters. The molecule has 1 N–H and O–H groups in total. The molecule has 2 amide bonds. The van der Waals surface area contributed by atoms with Crippen LogP contribution in [0.5, 0.6) is 0 Å². The molecule has 1 saturated carbocycles. The largest absolute Gasteiger partial charge is 0.315 e. The third-order valence-electron chi connectivity index (χ3n) is 7.25. The molecule has 4 aromatic rings. The number of anilines is 2. The molecule has 5 rings (SSSR count). The highest BCUT2D eigenvalue weighted by Gasteiger charge is 2.25. The summed E-state index contributed by atoms with van der Waals surface area (Å²) in [4.78, 5) is 32.7. The number of imidazole rings is 1. The van der Waals surface area contributed by atoms with E-state index in [1.807, 2.05) is 54.1 Å². The van der Waals surface area contributed by atoms with Crippen LogP contribution in [0.1, 0.15) is 48.0 Å². The Balaban J connectivity index is 1.45. The van der Waals surface area contributed by atoms with Gasteiger partial charge in [-0.05, 0) is 79.4 Å². The molecule has 1 fully saturated rings. The molecule has 6 nitrogen and oxygen atoms in total. The van der Waals surface area contributed by atoms with E-state index >= 15 is 0 Å². The number of amides is 2. The van der Waals surface area contributed by atoms with Crippen LogP contribution in [0.3, 0.4) is 0 Å². The molecule has 8 heteroatoms. The van der Waals surface area contributed by atoms with Crippen LogP contribution in [0, 0.1) is 5.92 Å². The summed E-state index contributed by atoms with van der Waals surface area (Å²) in [5.41, 5.74) is 3.96. The highest BCUT2D eigenvalue weighted by atomic mass is 35.5. The summed E-state index contributed by atoms with van der Waals surface area (Å²) in [7, 11) is 1.83. The van der Waals surface area contributed by atoms with E-state index in [1.165, 1.54) is 6.42 Å². The predicted octanol–water partition coefficient (Wildman–Crippen LogP) is 7.38. The van der Waals surface area contributed by atoms with E-state index in [0.717, 1.165) is 42.5 Å². The van der Waals surface area contributed by atoms with Crippen molar-refractivity contribution in [3.8, 4) is 0 Å². The summed E-state index contributed by atoms with van der Waals surface area (Å²) in [5.74, 6) is 0.404. The van der Waals surface area contributed by atoms with Gasteiger partial charge in [-0.15, -0.1) is 0 Å². The Labute approximate surface area is 232 Å². The maximum Gasteiger partial charge on any atom is 0.257 e.